The van der Waals surface area contributed by atoms with Gasteiger partial charge in [-0.25, -0.2) is 4.79 Å². The normalized spacial score (nSPS) is 14.9. The van der Waals surface area contributed by atoms with Gasteiger partial charge in [-0.1, -0.05) is 61.8 Å². The Balaban J connectivity index is 6.32. The van der Waals surface area contributed by atoms with Gasteiger partial charge in [0, 0.05) is 13.0 Å². The quantitative estimate of drug-likeness (QED) is 0.0164. The first kappa shape index (κ1) is 66.4. The monoisotopic (exact) mass is 1040 g/mol. The molecule has 0 aromatic heterocycles. The minimum Gasteiger partial charge on any atom is -0.481 e. The van der Waals surface area contributed by atoms with Gasteiger partial charge in [0.15, 0.2) is 5.96 Å². The summed E-state index contributed by atoms with van der Waals surface area (Å²) in [5.74, 6) is -11.9. The van der Waals surface area contributed by atoms with E-state index >= 15 is 0 Å². The van der Waals surface area contributed by atoms with E-state index in [-0.39, 0.29) is 75.3 Å². The number of rotatable bonds is 37. The lowest BCUT2D eigenvalue weighted by Crippen LogP contribution is -2.61. The van der Waals surface area contributed by atoms with Crippen molar-refractivity contribution in [2.75, 3.05) is 19.6 Å². The Bertz CT molecular complexity index is 1900. The van der Waals surface area contributed by atoms with Gasteiger partial charge in [0.2, 0.25) is 53.2 Å². The third-order valence-corrected chi connectivity index (χ3v) is 11.3. The molecule has 0 rings (SSSR count). The van der Waals surface area contributed by atoms with E-state index < -0.39 is 132 Å². The summed E-state index contributed by atoms with van der Waals surface area (Å²) >= 11 is 0. The van der Waals surface area contributed by atoms with Crippen LogP contribution in [0.15, 0.2) is 4.99 Å². The second-order valence-electron chi connectivity index (χ2n) is 19.2. The highest BCUT2D eigenvalue weighted by molar-refractivity contribution is 5.98. The predicted molar refractivity (Wildman–Crippen MR) is 269 cm³/mol. The van der Waals surface area contributed by atoms with Crippen LogP contribution in [0.2, 0.25) is 0 Å². The molecule has 0 spiro atoms. The average Bonchev–Trinajstić information content (AvgIpc) is 3.29. The van der Waals surface area contributed by atoms with E-state index in [2.05, 4.69) is 47.5 Å². The van der Waals surface area contributed by atoms with Crippen LogP contribution in [0.1, 0.15) is 126 Å². The first-order valence-electron chi connectivity index (χ1n) is 24.7. The third-order valence-electron chi connectivity index (χ3n) is 11.3. The molecule has 9 atom stereocenters. The third kappa shape index (κ3) is 27.7. The van der Waals surface area contributed by atoms with E-state index in [1.54, 1.807) is 34.6 Å². The van der Waals surface area contributed by atoms with Crippen LogP contribution in [-0.2, 0) is 52.7 Å². The minimum atomic E-state index is -1.78. The van der Waals surface area contributed by atoms with Crippen molar-refractivity contribution in [3.63, 3.8) is 0 Å². The van der Waals surface area contributed by atoms with Crippen molar-refractivity contribution in [2.45, 2.75) is 174 Å². The van der Waals surface area contributed by atoms with Crippen molar-refractivity contribution < 1.29 is 63.0 Å². The topological polar surface area (TPSA) is 467 Å². The van der Waals surface area contributed by atoms with Gasteiger partial charge < -0.3 is 81.4 Å². The van der Waals surface area contributed by atoms with E-state index in [1.807, 2.05) is 20.8 Å². The summed E-state index contributed by atoms with van der Waals surface area (Å²) in [7, 11) is 0. The number of carboxylic acids is 2. The first-order valence-corrected chi connectivity index (χ1v) is 24.7. The number of amides is 9. The molecule has 0 heterocycles. The maximum absolute atomic E-state index is 13.9. The number of carbonyl (C=O) groups is 11. The van der Waals surface area contributed by atoms with Gasteiger partial charge in [0.05, 0.1) is 19.0 Å². The molecular weight excluding hydrogens is 957 g/mol. The SMILES string of the molecule is CC[C@H](C)[C@H](NC(=O)[C@@H](N)CC(C)C)C(=O)N[C@H](C(=O)N[C@@H](CCC(N)=O)C(=O)N[C@@H](CCCCN)C(=O)NCC(=O)N[C@@H](CC(C)C)C(=O)N[C@@H](CC(=O)O)C(=O)N[C@@H](CCCN=C(N)N)C(=O)O)C(C)C. The molecule has 0 saturated carbocycles. The lowest BCUT2D eigenvalue weighted by atomic mass is 9.95. The molecule has 416 valence electrons. The number of carbonyl (C=O) groups excluding carboxylic acids is 9. The average molecular weight is 1040 g/mol. The number of hydrogen-bond donors (Lipinski definition) is 15. The second kappa shape index (κ2) is 34.7. The Morgan fingerprint density at radius 1 is 0.548 bits per heavy atom. The number of aliphatic imine (C=N–C) groups is 1. The first-order chi connectivity index (χ1) is 34.0. The molecule has 0 fully saturated rings. The number of nitrogens with one attached hydrogen (secondary N) is 8. The number of carboxylic acid groups (broad SMARTS) is 2. The molecule has 0 aromatic carbocycles. The molecule has 27 heteroatoms. The van der Waals surface area contributed by atoms with E-state index in [4.69, 9.17) is 28.7 Å². The van der Waals surface area contributed by atoms with E-state index in [9.17, 15) is 63.0 Å². The summed E-state index contributed by atoms with van der Waals surface area (Å²) in [6.45, 7) is 13.6. The maximum Gasteiger partial charge on any atom is 0.326 e. The Kier molecular flexibility index (Phi) is 31.5. The van der Waals surface area contributed by atoms with Gasteiger partial charge in [0.1, 0.15) is 42.3 Å². The number of unbranched alkanes of at least 4 members (excludes halogenated alkanes) is 1. The van der Waals surface area contributed by atoms with Gasteiger partial charge in [0.25, 0.3) is 0 Å². The van der Waals surface area contributed by atoms with Gasteiger partial charge in [-0.2, -0.15) is 0 Å². The number of primary amides is 1. The summed E-state index contributed by atoms with van der Waals surface area (Å²) in [5.41, 5.74) is 27.7. The number of nitrogens with zero attached hydrogens (tertiary/aromatic N) is 1. The van der Waals surface area contributed by atoms with E-state index in [0.29, 0.717) is 25.7 Å². The van der Waals surface area contributed by atoms with Crippen molar-refractivity contribution >= 4 is 71.1 Å². The smallest absolute Gasteiger partial charge is 0.326 e. The minimum absolute atomic E-state index is 0.00842. The molecule has 20 N–H and O–H groups in total. The zero-order valence-electron chi connectivity index (χ0n) is 43.5. The fraction of sp³-hybridized carbons (Fsp3) is 0.739. The lowest BCUT2D eigenvalue weighted by Gasteiger charge is -2.30. The predicted octanol–water partition coefficient (Wildman–Crippen LogP) is -3.37. The highest BCUT2D eigenvalue weighted by Gasteiger charge is 2.36. The summed E-state index contributed by atoms with van der Waals surface area (Å²) in [4.78, 5) is 147. The van der Waals surface area contributed by atoms with E-state index in [0.717, 1.165) is 0 Å². The number of nitrogens with two attached hydrogens (primary N) is 5. The van der Waals surface area contributed by atoms with Crippen LogP contribution in [0.3, 0.4) is 0 Å². The standard InChI is InChI=1S/C46H84N14O13/c1-9-26(8)37(60-38(65)27(48)19-23(2)3)44(71)59-36(25(6)7)43(70)56-29(15-16-33(49)61)40(67)55-28(13-10-11-17-47)39(66)53-22-34(62)54-31(20-24(4)5)41(68)58-32(21-35(63)64)42(69)57-30(45(72)73)14-12-18-52-46(50)51/h23-32,36-37H,9-22,47-48H2,1-8H3,(H2,49,61)(H,53,66)(H,54,62)(H,55,67)(H,56,70)(H,57,69)(H,58,68)(H,59,71)(H,60,65)(H,63,64)(H,72,73)(H4,50,51,52)/t26-,27-,28-,29-,30-,31-,32-,36-,37-/m0/s1. The Labute approximate surface area is 427 Å². The molecule has 0 aromatic rings. The largest absolute Gasteiger partial charge is 0.481 e. The molecule has 0 aliphatic heterocycles. The van der Waals surface area contributed by atoms with Gasteiger partial charge in [-0.3, -0.25) is 52.9 Å². The number of hydrogen-bond acceptors (Lipinski definition) is 14. The molecule has 0 aliphatic carbocycles. The van der Waals surface area contributed by atoms with E-state index in [1.165, 1.54) is 0 Å². The zero-order chi connectivity index (χ0) is 56.1. The van der Waals surface area contributed by atoms with Crippen molar-refractivity contribution in [1.29, 1.82) is 0 Å². The zero-order valence-corrected chi connectivity index (χ0v) is 43.5. The lowest BCUT2D eigenvalue weighted by molar-refractivity contribution is -0.144. The van der Waals surface area contributed by atoms with Gasteiger partial charge >= 0.3 is 11.9 Å². The molecule has 9 amide bonds. The summed E-state index contributed by atoms with van der Waals surface area (Å²) in [5, 5.41) is 39.0. The van der Waals surface area contributed by atoms with Crippen LogP contribution in [0, 0.1) is 23.7 Å². The molecule has 0 radical (unpaired) electrons. The van der Waals surface area contributed by atoms with Crippen LogP contribution in [0.25, 0.3) is 0 Å². The number of aliphatic carboxylic acids is 2. The van der Waals surface area contributed by atoms with Crippen LogP contribution >= 0.6 is 0 Å². The number of guanidine groups is 1. The summed E-state index contributed by atoms with van der Waals surface area (Å²) in [6.07, 6.45) is -0.135. The van der Waals surface area contributed by atoms with Crippen LogP contribution < -0.4 is 71.2 Å². The second-order valence-corrected chi connectivity index (χ2v) is 19.2. The van der Waals surface area contributed by atoms with Gasteiger partial charge in [-0.05, 0) is 81.6 Å². The maximum atomic E-state index is 13.9. The molecule has 0 aliphatic rings. The Morgan fingerprint density at radius 3 is 1.58 bits per heavy atom. The van der Waals surface area contributed by atoms with Crippen LogP contribution in [-0.4, -0.2) is 149 Å². The van der Waals surface area contributed by atoms with Crippen molar-refractivity contribution in [3.8, 4) is 0 Å². The van der Waals surface area contributed by atoms with Gasteiger partial charge in [-0.15, -0.1) is 0 Å². The highest BCUT2D eigenvalue weighted by atomic mass is 16.4. The van der Waals surface area contributed by atoms with Crippen molar-refractivity contribution in [3.05, 3.63) is 0 Å². The Morgan fingerprint density at radius 2 is 1.05 bits per heavy atom. The molecule has 27 nitrogen and oxygen atoms in total. The molecule has 0 saturated heterocycles. The summed E-state index contributed by atoms with van der Waals surface area (Å²) < 4.78 is 0. The van der Waals surface area contributed by atoms with Crippen molar-refractivity contribution in [2.24, 2.45) is 57.3 Å². The molecular formula is C46H84N14O13. The summed E-state index contributed by atoms with van der Waals surface area (Å²) in [6, 6.07) is -10.7. The van der Waals surface area contributed by atoms with Crippen molar-refractivity contribution in [1.82, 2.24) is 42.5 Å². The van der Waals surface area contributed by atoms with Crippen LogP contribution in [0.4, 0.5) is 0 Å². The fourth-order valence-corrected chi connectivity index (χ4v) is 7.13. The molecule has 0 unspecified atom stereocenters. The molecule has 0 bridgehead atoms. The van der Waals surface area contributed by atoms with Crippen LogP contribution in [0.5, 0.6) is 0 Å². The molecule has 73 heavy (non-hydrogen) atoms. The fourth-order valence-electron chi connectivity index (χ4n) is 7.13. The Hall–Kier alpha value is -6.64. The highest BCUT2D eigenvalue weighted by Crippen LogP contribution is 2.13.